The molecule has 6 nitrogen and oxygen atoms in total. The number of carboxylic acids is 1. The van der Waals surface area contributed by atoms with Crippen LogP contribution >= 0.6 is 0 Å². The molecule has 1 aromatic carbocycles. The smallest absolute Gasteiger partial charge is 0.328 e. The van der Waals surface area contributed by atoms with E-state index in [1.165, 1.54) is 7.11 Å². The Morgan fingerprint density at radius 2 is 1.90 bits per heavy atom. The van der Waals surface area contributed by atoms with Gasteiger partial charge in [0.15, 0.2) is 6.04 Å². The van der Waals surface area contributed by atoms with Gasteiger partial charge in [-0.3, -0.25) is 0 Å². The molecule has 116 valence electrons. The average molecular weight is 294 g/mol. The lowest BCUT2D eigenvalue weighted by Crippen LogP contribution is -2.45. The zero-order chi connectivity index (χ0) is 16.0. The molecular formula is C15H22N2O4. The largest absolute Gasteiger partial charge is 0.480 e. The summed E-state index contributed by atoms with van der Waals surface area (Å²) in [4.78, 5) is 22.9. The summed E-state index contributed by atoms with van der Waals surface area (Å²) in [6.07, 6.45) is 0. The van der Waals surface area contributed by atoms with Crippen LogP contribution in [0.25, 0.3) is 0 Å². The Kier molecular flexibility index (Phi) is 5.72. The summed E-state index contributed by atoms with van der Waals surface area (Å²) in [7, 11) is 1.38. The van der Waals surface area contributed by atoms with Gasteiger partial charge in [-0.25, -0.2) is 9.59 Å². The van der Waals surface area contributed by atoms with Crippen LogP contribution < -0.4 is 10.6 Å². The van der Waals surface area contributed by atoms with E-state index < -0.39 is 18.0 Å². The summed E-state index contributed by atoms with van der Waals surface area (Å²) >= 11 is 0. The van der Waals surface area contributed by atoms with Gasteiger partial charge in [-0.2, -0.15) is 0 Å². The number of nitrogens with one attached hydrogen (secondary N) is 2. The molecule has 0 saturated carbocycles. The molecule has 1 atom stereocenters. The van der Waals surface area contributed by atoms with E-state index in [2.05, 4.69) is 10.6 Å². The minimum absolute atomic E-state index is 0.0936. The van der Waals surface area contributed by atoms with Gasteiger partial charge in [0.05, 0.1) is 6.61 Å². The molecule has 0 fully saturated rings. The van der Waals surface area contributed by atoms with Gasteiger partial charge in [0.2, 0.25) is 0 Å². The number of para-hydroxylation sites is 1. The second kappa shape index (κ2) is 7.08. The third kappa shape index (κ3) is 5.07. The second-order valence-electron chi connectivity index (χ2n) is 5.74. The van der Waals surface area contributed by atoms with Crippen LogP contribution in [0.2, 0.25) is 0 Å². The minimum Gasteiger partial charge on any atom is -0.480 e. The van der Waals surface area contributed by atoms with Crippen molar-refractivity contribution >= 4 is 17.7 Å². The number of urea groups is 1. The van der Waals surface area contributed by atoms with Crippen LogP contribution in [0.3, 0.4) is 0 Å². The summed E-state index contributed by atoms with van der Waals surface area (Å²) in [5.41, 5.74) is 1.49. The van der Waals surface area contributed by atoms with E-state index in [4.69, 9.17) is 9.84 Å². The number of anilines is 1. The Hall–Kier alpha value is -2.08. The second-order valence-corrected chi connectivity index (χ2v) is 5.74. The maximum atomic E-state index is 11.9. The number of carbonyl (C=O) groups excluding carboxylic acids is 1. The Morgan fingerprint density at radius 3 is 2.43 bits per heavy atom. The van der Waals surface area contributed by atoms with Crippen molar-refractivity contribution in [1.82, 2.24) is 5.32 Å². The van der Waals surface area contributed by atoms with Crippen LogP contribution in [-0.4, -0.2) is 36.9 Å². The van der Waals surface area contributed by atoms with Crippen LogP contribution in [0.5, 0.6) is 0 Å². The molecular weight excluding hydrogens is 272 g/mol. The Balaban J connectivity index is 2.82. The molecule has 0 saturated heterocycles. The lowest BCUT2D eigenvalue weighted by molar-refractivity contribution is -0.140. The Labute approximate surface area is 124 Å². The van der Waals surface area contributed by atoms with Crippen molar-refractivity contribution in [2.24, 2.45) is 0 Å². The van der Waals surface area contributed by atoms with Crippen LogP contribution in [0, 0.1) is 0 Å². The van der Waals surface area contributed by atoms with Crippen molar-refractivity contribution in [3.8, 4) is 0 Å². The molecule has 0 bridgehead atoms. The number of hydrogen-bond acceptors (Lipinski definition) is 3. The predicted molar refractivity (Wildman–Crippen MR) is 80.6 cm³/mol. The molecule has 0 spiro atoms. The highest BCUT2D eigenvalue weighted by Crippen LogP contribution is 2.29. The Morgan fingerprint density at radius 1 is 1.29 bits per heavy atom. The van der Waals surface area contributed by atoms with E-state index in [-0.39, 0.29) is 12.0 Å². The number of amides is 2. The number of methoxy groups -OCH3 is 1. The van der Waals surface area contributed by atoms with Gasteiger partial charge < -0.3 is 20.5 Å². The van der Waals surface area contributed by atoms with Crippen LogP contribution in [0.4, 0.5) is 10.5 Å². The standard InChI is InChI=1S/C15H22N2O4/c1-15(2,3)10-7-5-6-8-11(10)16-14(20)17-12(9-21-4)13(18)19/h5-8,12H,9H2,1-4H3,(H,18,19)(H2,16,17,20). The van der Waals surface area contributed by atoms with E-state index in [0.717, 1.165) is 5.56 Å². The molecule has 0 radical (unpaired) electrons. The van der Waals surface area contributed by atoms with Gasteiger partial charge in [-0.15, -0.1) is 0 Å². The molecule has 0 aliphatic heterocycles. The van der Waals surface area contributed by atoms with Crippen molar-refractivity contribution in [3.05, 3.63) is 29.8 Å². The molecule has 1 rings (SSSR count). The highest BCUT2D eigenvalue weighted by atomic mass is 16.5. The average Bonchev–Trinajstić information content (AvgIpc) is 2.37. The fourth-order valence-corrected chi connectivity index (χ4v) is 1.90. The SMILES string of the molecule is COCC(NC(=O)Nc1ccccc1C(C)(C)C)C(=O)O. The molecule has 0 heterocycles. The predicted octanol–water partition coefficient (Wildman–Crippen LogP) is 2.21. The van der Waals surface area contributed by atoms with Crippen LogP contribution in [0.1, 0.15) is 26.3 Å². The number of rotatable bonds is 5. The normalized spacial score (nSPS) is 12.6. The van der Waals surface area contributed by atoms with Gasteiger partial charge in [0.1, 0.15) is 0 Å². The van der Waals surface area contributed by atoms with Gasteiger partial charge in [-0.05, 0) is 17.0 Å². The van der Waals surface area contributed by atoms with Crippen molar-refractivity contribution in [2.45, 2.75) is 32.2 Å². The number of aliphatic carboxylic acids is 1. The van der Waals surface area contributed by atoms with Gasteiger partial charge in [0.25, 0.3) is 0 Å². The van der Waals surface area contributed by atoms with Crippen molar-refractivity contribution in [1.29, 1.82) is 0 Å². The van der Waals surface area contributed by atoms with Crippen LogP contribution in [-0.2, 0) is 14.9 Å². The fraction of sp³-hybridized carbons (Fsp3) is 0.467. The number of carboxylic acid groups (broad SMARTS) is 1. The lowest BCUT2D eigenvalue weighted by Gasteiger charge is -2.23. The van der Waals surface area contributed by atoms with Crippen molar-refractivity contribution in [3.63, 3.8) is 0 Å². The van der Waals surface area contributed by atoms with Crippen molar-refractivity contribution < 1.29 is 19.4 Å². The van der Waals surface area contributed by atoms with E-state index >= 15 is 0 Å². The molecule has 3 N–H and O–H groups in total. The van der Waals surface area contributed by atoms with Gasteiger partial charge >= 0.3 is 12.0 Å². The number of benzene rings is 1. The molecule has 21 heavy (non-hydrogen) atoms. The summed E-state index contributed by atoms with van der Waals surface area (Å²) in [5.74, 6) is -1.14. The number of ether oxygens (including phenoxy) is 1. The quantitative estimate of drug-likeness (QED) is 0.777. The molecule has 2 amide bonds. The zero-order valence-corrected chi connectivity index (χ0v) is 12.8. The monoisotopic (exact) mass is 294 g/mol. The van der Waals surface area contributed by atoms with Gasteiger partial charge in [0, 0.05) is 12.8 Å². The summed E-state index contributed by atoms with van der Waals surface area (Å²) in [5, 5.41) is 14.0. The molecule has 1 aromatic rings. The first-order valence-corrected chi connectivity index (χ1v) is 6.64. The molecule has 0 aromatic heterocycles. The first kappa shape index (κ1) is 17.0. The first-order valence-electron chi connectivity index (χ1n) is 6.64. The Bertz CT molecular complexity index is 509. The maximum Gasteiger partial charge on any atom is 0.328 e. The molecule has 1 unspecified atom stereocenters. The lowest BCUT2D eigenvalue weighted by atomic mass is 9.86. The fourth-order valence-electron chi connectivity index (χ4n) is 1.90. The van der Waals surface area contributed by atoms with E-state index in [1.807, 2.05) is 39.0 Å². The minimum atomic E-state index is -1.14. The van der Waals surface area contributed by atoms with E-state index in [1.54, 1.807) is 6.07 Å². The van der Waals surface area contributed by atoms with E-state index in [9.17, 15) is 9.59 Å². The zero-order valence-electron chi connectivity index (χ0n) is 12.8. The molecule has 6 heteroatoms. The summed E-state index contributed by atoms with van der Waals surface area (Å²) in [6, 6.07) is 5.77. The summed E-state index contributed by atoms with van der Waals surface area (Å²) < 4.78 is 4.77. The van der Waals surface area contributed by atoms with Crippen molar-refractivity contribution in [2.75, 3.05) is 19.0 Å². The maximum absolute atomic E-state index is 11.9. The highest BCUT2D eigenvalue weighted by molar-refractivity contribution is 5.93. The third-order valence-corrected chi connectivity index (χ3v) is 2.92. The molecule has 0 aliphatic rings. The van der Waals surface area contributed by atoms with Gasteiger partial charge in [-0.1, -0.05) is 39.0 Å². The summed E-state index contributed by atoms with van der Waals surface area (Å²) in [6.45, 7) is 6.02. The third-order valence-electron chi connectivity index (χ3n) is 2.92. The highest BCUT2D eigenvalue weighted by Gasteiger charge is 2.22. The first-order chi connectivity index (χ1) is 9.75. The van der Waals surface area contributed by atoms with Crippen LogP contribution in [0.15, 0.2) is 24.3 Å². The number of carbonyl (C=O) groups is 2. The van der Waals surface area contributed by atoms with E-state index in [0.29, 0.717) is 5.69 Å². The number of hydrogen-bond donors (Lipinski definition) is 3. The topological polar surface area (TPSA) is 87.7 Å². The molecule has 0 aliphatic carbocycles.